The highest BCUT2D eigenvalue weighted by molar-refractivity contribution is 5.67. The number of rotatable bonds is 19. The van der Waals surface area contributed by atoms with Crippen molar-refractivity contribution >= 4 is 6.09 Å². The molecule has 3 aliphatic heterocycles. The number of aliphatic hydroxyl groups is 1. The standard InChI is InChI=1S/C55H57NO12/c57-52-50(48(61-34-41-25-13-4-14-26-41)47-45(64-52)37-63-53(66-47)43-29-17-6-18-30-43)67-54-51(62-35-42-27-15-5-16-28-42)49(68-55(58)56-31-38-19-7-1-8-20-38)46(60-33-40-23-11-3-12-24-40)44(65-54)36-59-32-39-21-9-2-10-22-39/h1-30,44-54,57H,31-37H2,(H,56,58)/t44-,45+,46-,47-,48+,49+,50+,51+,52?,53-,54-/m1/s1. The largest absolute Gasteiger partial charge is 0.440 e. The molecule has 0 aromatic heterocycles. The maximum Gasteiger partial charge on any atom is 0.407 e. The Balaban J connectivity index is 1.07. The smallest absolute Gasteiger partial charge is 0.407 e. The monoisotopic (exact) mass is 923 g/mol. The molecule has 3 aliphatic rings. The second-order valence-electron chi connectivity index (χ2n) is 16.9. The van der Waals surface area contributed by atoms with Crippen molar-refractivity contribution in [2.45, 2.75) is 101 Å². The minimum Gasteiger partial charge on any atom is -0.440 e. The summed E-state index contributed by atoms with van der Waals surface area (Å²) in [7, 11) is 0. The Morgan fingerprint density at radius 3 is 1.57 bits per heavy atom. The predicted molar refractivity (Wildman–Crippen MR) is 249 cm³/mol. The van der Waals surface area contributed by atoms with Gasteiger partial charge in [0.2, 0.25) is 0 Å². The van der Waals surface area contributed by atoms with E-state index in [0.29, 0.717) is 0 Å². The first-order valence-corrected chi connectivity index (χ1v) is 23.1. The number of aliphatic hydroxyl groups excluding tert-OH is 1. The quantitative estimate of drug-likeness (QED) is 0.0809. The van der Waals surface area contributed by atoms with E-state index in [9.17, 15) is 9.90 Å². The van der Waals surface area contributed by atoms with Crippen molar-refractivity contribution in [2.24, 2.45) is 0 Å². The van der Waals surface area contributed by atoms with Crippen LogP contribution in [-0.2, 0) is 80.3 Å². The van der Waals surface area contributed by atoms with Gasteiger partial charge in [-0.2, -0.15) is 0 Å². The van der Waals surface area contributed by atoms with Crippen molar-refractivity contribution in [1.82, 2.24) is 5.32 Å². The molecule has 2 N–H and O–H groups in total. The van der Waals surface area contributed by atoms with E-state index >= 15 is 0 Å². The van der Waals surface area contributed by atoms with Crippen LogP contribution in [0.1, 0.15) is 39.7 Å². The zero-order chi connectivity index (χ0) is 46.3. The van der Waals surface area contributed by atoms with Crippen molar-refractivity contribution in [3.63, 3.8) is 0 Å². The molecule has 3 heterocycles. The summed E-state index contributed by atoms with van der Waals surface area (Å²) in [6, 6.07) is 58.0. The molecule has 6 aromatic carbocycles. The van der Waals surface area contributed by atoms with E-state index in [1.165, 1.54) is 0 Å². The topological polar surface area (TPSA) is 142 Å². The Bertz CT molecular complexity index is 2390. The maximum atomic E-state index is 14.1. The van der Waals surface area contributed by atoms with Crippen molar-refractivity contribution in [1.29, 1.82) is 0 Å². The van der Waals surface area contributed by atoms with Gasteiger partial charge in [-0.15, -0.1) is 0 Å². The zero-order valence-electron chi connectivity index (χ0n) is 37.6. The SMILES string of the molecule is O=C(NCc1ccccc1)O[C@@H]1[C@H](OCc2ccccc2)[C@@H](O[C@@H]2C(O)O[C@H]3CO[C@@H](c4ccccc4)O[C@H]3[C@@H]2OCc2ccccc2)O[C@H](COCc2ccccc2)[C@H]1OCc1ccccc1. The molecule has 0 saturated carbocycles. The average molecular weight is 924 g/mol. The van der Waals surface area contributed by atoms with Crippen LogP contribution >= 0.6 is 0 Å². The normalized spacial score (nSPS) is 26.9. The maximum absolute atomic E-state index is 14.1. The number of nitrogens with one attached hydrogen (secondary N) is 1. The zero-order valence-corrected chi connectivity index (χ0v) is 37.6. The van der Waals surface area contributed by atoms with Crippen LogP contribution in [0.4, 0.5) is 4.79 Å². The molecule has 3 fully saturated rings. The lowest BCUT2D eigenvalue weighted by Gasteiger charge is -2.50. The second kappa shape index (κ2) is 24.0. The van der Waals surface area contributed by atoms with Gasteiger partial charge in [0.1, 0.15) is 42.7 Å². The molecular formula is C55H57NO12. The molecule has 0 spiro atoms. The summed E-state index contributed by atoms with van der Waals surface area (Å²) in [4.78, 5) is 14.1. The fourth-order valence-electron chi connectivity index (χ4n) is 8.57. The highest BCUT2D eigenvalue weighted by Gasteiger charge is 2.56. The Morgan fingerprint density at radius 1 is 0.529 bits per heavy atom. The summed E-state index contributed by atoms with van der Waals surface area (Å²) in [6.07, 6.45) is -12.1. The summed E-state index contributed by atoms with van der Waals surface area (Å²) in [6.45, 7) is 1.01. The van der Waals surface area contributed by atoms with E-state index in [4.69, 9.17) is 47.4 Å². The molecular weight excluding hydrogens is 867 g/mol. The van der Waals surface area contributed by atoms with Gasteiger partial charge in [0, 0.05) is 12.1 Å². The van der Waals surface area contributed by atoms with Crippen LogP contribution in [0.25, 0.3) is 0 Å². The number of ether oxygens (including phenoxy) is 10. The van der Waals surface area contributed by atoms with Crippen LogP contribution in [-0.4, -0.2) is 85.8 Å². The number of alkyl carbamates (subject to hydrolysis) is 1. The van der Waals surface area contributed by atoms with Gasteiger partial charge in [0.15, 0.2) is 25.0 Å². The van der Waals surface area contributed by atoms with Gasteiger partial charge in [-0.3, -0.25) is 0 Å². The van der Waals surface area contributed by atoms with Gasteiger partial charge in [-0.25, -0.2) is 4.79 Å². The third-order valence-corrected chi connectivity index (χ3v) is 12.0. The van der Waals surface area contributed by atoms with E-state index < -0.39 is 73.8 Å². The van der Waals surface area contributed by atoms with E-state index in [2.05, 4.69) is 5.32 Å². The lowest BCUT2D eigenvalue weighted by Crippen LogP contribution is -2.67. The molecule has 0 aliphatic carbocycles. The van der Waals surface area contributed by atoms with Gasteiger partial charge in [0.25, 0.3) is 0 Å². The van der Waals surface area contributed by atoms with Gasteiger partial charge >= 0.3 is 6.09 Å². The lowest BCUT2D eigenvalue weighted by atomic mass is 9.95. The number of hydrogen-bond donors (Lipinski definition) is 2. The third kappa shape index (κ3) is 12.6. The molecule has 1 unspecified atom stereocenters. The highest BCUT2D eigenvalue weighted by Crippen LogP contribution is 2.39. The van der Waals surface area contributed by atoms with Crippen LogP contribution < -0.4 is 5.32 Å². The minimum absolute atomic E-state index is 0.00662. The molecule has 13 nitrogen and oxygen atoms in total. The number of carbonyl (C=O) groups is 1. The number of hydrogen-bond acceptors (Lipinski definition) is 12. The first kappa shape index (κ1) is 47.3. The van der Waals surface area contributed by atoms with E-state index in [1.807, 2.05) is 182 Å². The van der Waals surface area contributed by atoms with Crippen LogP contribution in [0.15, 0.2) is 182 Å². The van der Waals surface area contributed by atoms with Crippen molar-refractivity contribution in [3.8, 4) is 0 Å². The molecule has 13 heteroatoms. The number of benzene rings is 6. The fraction of sp³-hybridized carbons (Fsp3) is 0.327. The summed E-state index contributed by atoms with van der Waals surface area (Å²) in [5, 5.41) is 14.9. The predicted octanol–water partition coefficient (Wildman–Crippen LogP) is 8.20. The summed E-state index contributed by atoms with van der Waals surface area (Å²) in [5.74, 6) is 0. The Morgan fingerprint density at radius 2 is 1.01 bits per heavy atom. The van der Waals surface area contributed by atoms with Crippen LogP contribution in [0.3, 0.4) is 0 Å². The molecule has 6 aromatic rings. The molecule has 1 amide bonds. The lowest BCUT2D eigenvalue weighted by molar-refractivity contribution is -0.396. The van der Waals surface area contributed by atoms with Crippen LogP contribution in [0, 0.1) is 0 Å². The van der Waals surface area contributed by atoms with Crippen molar-refractivity contribution in [3.05, 3.63) is 215 Å². The Kier molecular flexibility index (Phi) is 16.7. The summed E-state index contributed by atoms with van der Waals surface area (Å²) >= 11 is 0. The first-order valence-electron chi connectivity index (χ1n) is 23.1. The van der Waals surface area contributed by atoms with Gasteiger partial charge in [-0.05, 0) is 27.8 Å². The number of amides is 1. The summed E-state index contributed by atoms with van der Waals surface area (Å²) in [5.41, 5.74) is 5.29. The Labute approximate surface area is 396 Å². The van der Waals surface area contributed by atoms with Gasteiger partial charge in [0.05, 0.1) is 39.6 Å². The third-order valence-electron chi connectivity index (χ3n) is 12.0. The van der Waals surface area contributed by atoms with E-state index in [-0.39, 0.29) is 46.2 Å². The van der Waals surface area contributed by atoms with Crippen LogP contribution in [0.2, 0.25) is 0 Å². The Hall–Kier alpha value is -5.81. The molecule has 354 valence electrons. The van der Waals surface area contributed by atoms with Gasteiger partial charge < -0.3 is 57.8 Å². The molecule has 0 radical (unpaired) electrons. The molecule has 9 rings (SSSR count). The minimum atomic E-state index is -1.54. The first-order chi connectivity index (χ1) is 33.5. The highest BCUT2D eigenvalue weighted by atomic mass is 16.8. The van der Waals surface area contributed by atoms with E-state index in [0.717, 1.165) is 33.4 Å². The number of carbonyl (C=O) groups excluding carboxylic acids is 1. The molecule has 0 bridgehead atoms. The second-order valence-corrected chi connectivity index (χ2v) is 16.9. The fourth-order valence-corrected chi connectivity index (χ4v) is 8.57. The summed E-state index contributed by atoms with van der Waals surface area (Å²) < 4.78 is 66.1. The molecule has 68 heavy (non-hydrogen) atoms. The molecule has 3 saturated heterocycles. The van der Waals surface area contributed by atoms with Crippen molar-refractivity contribution in [2.75, 3.05) is 13.2 Å². The molecule has 11 atom stereocenters. The van der Waals surface area contributed by atoms with Crippen molar-refractivity contribution < 1.29 is 57.3 Å². The number of fused-ring (bicyclic) bond motifs is 1. The van der Waals surface area contributed by atoms with Gasteiger partial charge in [-0.1, -0.05) is 182 Å². The van der Waals surface area contributed by atoms with Crippen LogP contribution in [0.5, 0.6) is 0 Å². The van der Waals surface area contributed by atoms with E-state index in [1.54, 1.807) is 0 Å². The average Bonchev–Trinajstić information content (AvgIpc) is 3.39.